The van der Waals surface area contributed by atoms with E-state index in [9.17, 15) is 14.0 Å². The molecule has 1 aliphatic carbocycles. The Morgan fingerprint density at radius 2 is 2.06 bits per heavy atom. The Balaban J connectivity index is 2.49. The van der Waals surface area contributed by atoms with Crippen LogP contribution in [-0.2, 0) is 14.3 Å². The molecule has 0 aromatic rings. The Labute approximate surface area is 107 Å². The van der Waals surface area contributed by atoms with Gasteiger partial charge in [-0.1, -0.05) is 13.8 Å². The second-order valence-corrected chi connectivity index (χ2v) is 6.09. The van der Waals surface area contributed by atoms with Crippen molar-refractivity contribution in [2.75, 3.05) is 0 Å². The second kappa shape index (κ2) is 4.32. The number of fused-ring (bicyclic) bond motifs is 1. The van der Waals surface area contributed by atoms with Crippen LogP contribution < -0.4 is 0 Å². The summed E-state index contributed by atoms with van der Waals surface area (Å²) < 4.78 is 19.2. The third kappa shape index (κ3) is 1.61. The van der Waals surface area contributed by atoms with E-state index in [-0.39, 0.29) is 29.8 Å². The van der Waals surface area contributed by atoms with Gasteiger partial charge in [0.25, 0.3) is 0 Å². The first-order valence-corrected chi connectivity index (χ1v) is 6.66. The fourth-order valence-electron chi connectivity index (χ4n) is 4.09. The fraction of sp³-hybridized carbons (Fsp3) is 0.857. The first-order chi connectivity index (χ1) is 8.35. The fourth-order valence-corrected chi connectivity index (χ4v) is 4.09. The standard InChI is InChI=1S/C14H21FO3/c1-7-5-14(6-16)12(10(4)18-13(14)17)11(8(7)2)9(3)15/h6-12H,5H2,1-4H3/t7-,8+,9?,10+,11+,12-,14-/m0/s1. The van der Waals surface area contributed by atoms with Crippen molar-refractivity contribution in [3.05, 3.63) is 0 Å². The molecule has 1 heterocycles. The minimum atomic E-state index is -1.11. The molecule has 2 rings (SSSR count). The molecule has 0 amide bonds. The van der Waals surface area contributed by atoms with Crippen molar-refractivity contribution >= 4 is 12.3 Å². The van der Waals surface area contributed by atoms with Gasteiger partial charge in [0.15, 0.2) is 0 Å². The Morgan fingerprint density at radius 1 is 1.44 bits per heavy atom. The summed E-state index contributed by atoms with van der Waals surface area (Å²) in [5.74, 6) is -0.777. The summed E-state index contributed by atoms with van der Waals surface area (Å²) in [5, 5.41) is 0. The van der Waals surface area contributed by atoms with Crippen LogP contribution >= 0.6 is 0 Å². The number of ether oxygens (including phenoxy) is 1. The van der Waals surface area contributed by atoms with E-state index in [4.69, 9.17) is 4.74 Å². The van der Waals surface area contributed by atoms with E-state index in [1.807, 2.05) is 13.8 Å². The summed E-state index contributed by atoms with van der Waals surface area (Å²) in [6.45, 7) is 7.28. The number of hydrogen-bond acceptors (Lipinski definition) is 3. The summed E-state index contributed by atoms with van der Waals surface area (Å²) >= 11 is 0. The molecular formula is C14H21FO3. The van der Waals surface area contributed by atoms with Gasteiger partial charge in [-0.2, -0.15) is 0 Å². The number of hydrogen-bond donors (Lipinski definition) is 0. The highest BCUT2D eigenvalue weighted by molar-refractivity contribution is 5.95. The van der Waals surface area contributed by atoms with Crippen LogP contribution in [-0.4, -0.2) is 24.5 Å². The molecule has 2 aliphatic rings. The van der Waals surface area contributed by atoms with Crippen molar-refractivity contribution in [2.45, 2.75) is 46.4 Å². The van der Waals surface area contributed by atoms with Crippen LogP contribution in [0.3, 0.4) is 0 Å². The average molecular weight is 256 g/mol. The number of carbonyl (C=O) groups is 2. The molecule has 1 aliphatic heterocycles. The largest absolute Gasteiger partial charge is 0.462 e. The predicted octanol–water partition coefficient (Wildman–Crippen LogP) is 2.38. The van der Waals surface area contributed by atoms with Gasteiger partial charge in [-0.15, -0.1) is 0 Å². The third-order valence-electron chi connectivity index (χ3n) is 5.09. The van der Waals surface area contributed by atoms with Crippen LogP contribution in [0.5, 0.6) is 0 Å². The lowest BCUT2D eigenvalue weighted by Crippen LogP contribution is -2.51. The zero-order valence-electron chi connectivity index (χ0n) is 11.4. The molecule has 3 nitrogen and oxygen atoms in total. The Kier molecular flexibility index (Phi) is 3.24. The lowest BCUT2D eigenvalue weighted by molar-refractivity contribution is -0.153. The first-order valence-electron chi connectivity index (χ1n) is 6.66. The zero-order chi connectivity index (χ0) is 13.7. The van der Waals surface area contributed by atoms with Crippen molar-refractivity contribution in [1.82, 2.24) is 0 Å². The highest BCUT2D eigenvalue weighted by Gasteiger charge is 2.63. The van der Waals surface area contributed by atoms with Crippen molar-refractivity contribution in [3.8, 4) is 0 Å². The van der Waals surface area contributed by atoms with E-state index in [2.05, 4.69) is 0 Å². The molecule has 7 atom stereocenters. The Morgan fingerprint density at radius 3 is 2.56 bits per heavy atom. The summed E-state index contributed by atoms with van der Waals surface area (Å²) in [4.78, 5) is 23.5. The molecule has 1 saturated heterocycles. The number of esters is 1. The van der Waals surface area contributed by atoms with Gasteiger partial charge in [-0.3, -0.25) is 4.79 Å². The van der Waals surface area contributed by atoms with E-state index in [1.54, 1.807) is 6.92 Å². The molecule has 1 unspecified atom stereocenters. The highest BCUT2D eigenvalue weighted by atomic mass is 19.1. The summed E-state index contributed by atoms with van der Waals surface area (Å²) in [5.41, 5.74) is -1.11. The molecule has 18 heavy (non-hydrogen) atoms. The molecule has 2 fully saturated rings. The third-order valence-corrected chi connectivity index (χ3v) is 5.09. The van der Waals surface area contributed by atoms with Crippen molar-refractivity contribution in [1.29, 1.82) is 0 Å². The number of alkyl halides is 1. The van der Waals surface area contributed by atoms with Crippen LogP contribution in [0, 0.1) is 29.1 Å². The van der Waals surface area contributed by atoms with Gasteiger partial charge in [-0.25, -0.2) is 4.39 Å². The van der Waals surface area contributed by atoms with Gasteiger partial charge >= 0.3 is 5.97 Å². The number of rotatable bonds is 2. The van der Waals surface area contributed by atoms with Gasteiger partial charge in [0, 0.05) is 11.8 Å². The minimum Gasteiger partial charge on any atom is -0.462 e. The topological polar surface area (TPSA) is 43.4 Å². The van der Waals surface area contributed by atoms with E-state index in [0.717, 1.165) is 0 Å². The van der Waals surface area contributed by atoms with Gasteiger partial charge in [0.05, 0.1) is 0 Å². The Hall–Kier alpha value is -0.930. The first kappa shape index (κ1) is 13.5. The van der Waals surface area contributed by atoms with E-state index in [0.29, 0.717) is 12.7 Å². The molecule has 1 saturated carbocycles. The maximum Gasteiger partial charge on any atom is 0.320 e. The van der Waals surface area contributed by atoms with Crippen molar-refractivity contribution in [3.63, 3.8) is 0 Å². The molecule has 0 spiro atoms. The normalized spacial score (nSPS) is 49.4. The molecule has 0 bridgehead atoms. The van der Waals surface area contributed by atoms with Crippen LogP contribution in [0.1, 0.15) is 34.1 Å². The molecule has 0 aromatic heterocycles. The predicted molar refractivity (Wildman–Crippen MR) is 64.5 cm³/mol. The highest BCUT2D eigenvalue weighted by Crippen LogP contribution is 2.56. The van der Waals surface area contributed by atoms with Crippen LogP contribution in [0.4, 0.5) is 4.39 Å². The van der Waals surface area contributed by atoms with E-state index >= 15 is 0 Å². The van der Waals surface area contributed by atoms with Gasteiger partial charge in [0.1, 0.15) is 24.0 Å². The zero-order valence-corrected chi connectivity index (χ0v) is 11.4. The van der Waals surface area contributed by atoms with Crippen LogP contribution in [0.15, 0.2) is 0 Å². The number of carbonyl (C=O) groups excluding carboxylic acids is 2. The van der Waals surface area contributed by atoms with Gasteiger partial charge < -0.3 is 9.53 Å². The smallest absolute Gasteiger partial charge is 0.320 e. The summed E-state index contributed by atoms with van der Waals surface area (Å²) in [7, 11) is 0. The number of cyclic esters (lactones) is 1. The average Bonchev–Trinajstić information content (AvgIpc) is 2.53. The lowest BCUT2D eigenvalue weighted by atomic mass is 9.54. The van der Waals surface area contributed by atoms with Gasteiger partial charge in [-0.05, 0) is 32.1 Å². The quantitative estimate of drug-likeness (QED) is 0.433. The summed E-state index contributed by atoms with van der Waals surface area (Å²) in [6.07, 6.45) is -0.222. The number of aldehydes is 1. The SMILES string of the molecule is CC(F)[C@H]1[C@H](C)[C@@H](C)C[C@@]2(C=O)C(=O)O[C@H](C)[C@@H]12. The van der Waals surface area contributed by atoms with E-state index in [1.165, 1.54) is 6.92 Å². The van der Waals surface area contributed by atoms with Crippen LogP contribution in [0.25, 0.3) is 0 Å². The molecule has 0 N–H and O–H groups in total. The minimum absolute atomic E-state index is 0.146. The van der Waals surface area contributed by atoms with Crippen molar-refractivity contribution in [2.24, 2.45) is 29.1 Å². The maximum atomic E-state index is 14.0. The van der Waals surface area contributed by atoms with Crippen molar-refractivity contribution < 1.29 is 18.7 Å². The molecule has 0 aromatic carbocycles. The van der Waals surface area contributed by atoms with Gasteiger partial charge in [0.2, 0.25) is 0 Å². The molecule has 102 valence electrons. The Bertz CT molecular complexity index is 368. The lowest BCUT2D eigenvalue weighted by Gasteiger charge is -2.46. The monoisotopic (exact) mass is 256 g/mol. The maximum absolute atomic E-state index is 14.0. The second-order valence-electron chi connectivity index (χ2n) is 6.09. The molecular weight excluding hydrogens is 235 g/mol. The number of halogens is 1. The van der Waals surface area contributed by atoms with E-state index < -0.39 is 17.6 Å². The molecule has 4 heteroatoms. The van der Waals surface area contributed by atoms with Crippen LogP contribution in [0.2, 0.25) is 0 Å². The summed E-state index contributed by atoms with van der Waals surface area (Å²) in [6, 6.07) is 0. The molecule has 0 radical (unpaired) electrons.